The molecule has 1 aromatic rings. The van der Waals surface area contributed by atoms with Gasteiger partial charge in [0.05, 0.1) is 0 Å². The normalized spacial score (nSPS) is 17.6. The quantitative estimate of drug-likeness (QED) is 0.816. The molecule has 0 saturated heterocycles. The first-order valence-corrected chi connectivity index (χ1v) is 6.60. The molecule has 1 aromatic heterocycles. The summed E-state index contributed by atoms with van der Waals surface area (Å²) in [6.07, 6.45) is 6.15. The zero-order chi connectivity index (χ0) is 12.4. The van der Waals surface area contributed by atoms with Crippen LogP contribution in [0.4, 0.5) is 0 Å². The summed E-state index contributed by atoms with van der Waals surface area (Å²) < 4.78 is 3.67. The Labute approximate surface area is 103 Å². The highest BCUT2D eigenvalue weighted by Crippen LogP contribution is 2.33. The third kappa shape index (κ3) is 3.00. The third-order valence-corrected chi connectivity index (χ3v) is 3.63. The maximum absolute atomic E-state index is 12.0. The van der Waals surface area contributed by atoms with Gasteiger partial charge in [-0.05, 0) is 25.7 Å². The maximum Gasteiger partial charge on any atom is 0.328 e. The van der Waals surface area contributed by atoms with Crippen molar-refractivity contribution in [1.29, 1.82) is 0 Å². The van der Waals surface area contributed by atoms with Gasteiger partial charge >= 0.3 is 5.69 Å². The Balaban J connectivity index is 1.85. The minimum Gasteiger partial charge on any atom is -0.312 e. The summed E-state index contributed by atoms with van der Waals surface area (Å²) in [6.45, 7) is 8.20. The molecule has 1 heterocycles. The Bertz CT molecular complexity index is 415. The van der Waals surface area contributed by atoms with Crippen LogP contribution in [0.1, 0.15) is 39.7 Å². The molecule has 4 heteroatoms. The van der Waals surface area contributed by atoms with Crippen LogP contribution < -0.4 is 11.0 Å². The van der Waals surface area contributed by atoms with Crippen molar-refractivity contribution in [3.05, 3.63) is 22.9 Å². The summed E-state index contributed by atoms with van der Waals surface area (Å²) in [6, 6.07) is 0.975. The van der Waals surface area contributed by atoms with E-state index in [1.54, 1.807) is 4.57 Å². The van der Waals surface area contributed by atoms with Crippen molar-refractivity contribution in [1.82, 2.24) is 14.5 Å². The highest BCUT2D eigenvalue weighted by Gasteiger charge is 2.25. The molecule has 4 nitrogen and oxygen atoms in total. The Morgan fingerprint density at radius 1 is 1.35 bits per heavy atom. The van der Waals surface area contributed by atoms with Crippen molar-refractivity contribution in [2.75, 3.05) is 6.54 Å². The van der Waals surface area contributed by atoms with E-state index in [0.717, 1.165) is 25.9 Å². The first-order valence-electron chi connectivity index (χ1n) is 6.60. The number of aromatic nitrogens is 2. The predicted octanol–water partition coefficient (Wildman–Crippen LogP) is 1.62. The topological polar surface area (TPSA) is 39.0 Å². The van der Waals surface area contributed by atoms with Gasteiger partial charge in [0.1, 0.15) is 0 Å². The molecule has 0 radical (unpaired) electrons. The first-order chi connectivity index (χ1) is 8.09. The van der Waals surface area contributed by atoms with Gasteiger partial charge in [-0.1, -0.05) is 13.8 Å². The molecular weight excluding hydrogens is 214 g/mol. The molecule has 0 spiro atoms. The predicted molar refractivity (Wildman–Crippen MR) is 69.3 cm³/mol. The van der Waals surface area contributed by atoms with E-state index in [4.69, 9.17) is 0 Å². The first kappa shape index (κ1) is 12.4. The maximum atomic E-state index is 12.0. The van der Waals surface area contributed by atoms with E-state index in [9.17, 15) is 4.79 Å². The summed E-state index contributed by atoms with van der Waals surface area (Å²) in [4.78, 5) is 12.0. The molecule has 1 saturated carbocycles. The second-order valence-corrected chi connectivity index (χ2v) is 5.40. The molecule has 1 N–H and O–H groups in total. The van der Waals surface area contributed by atoms with Gasteiger partial charge in [-0.2, -0.15) is 0 Å². The van der Waals surface area contributed by atoms with Crippen molar-refractivity contribution in [2.45, 2.75) is 52.2 Å². The number of hydrogen-bond acceptors (Lipinski definition) is 2. The average Bonchev–Trinajstić information content (AvgIpc) is 3.05. The van der Waals surface area contributed by atoms with Crippen LogP contribution in [0.25, 0.3) is 0 Å². The fourth-order valence-corrected chi connectivity index (χ4v) is 1.88. The van der Waals surface area contributed by atoms with Crippen LogP contribution in [-0.4, -0.2) is 21.7 Å². The average molecular weight is 237 g/mol. The Morgan fingerprint density at radius 2 is 2.06 bits per heavy atom. The minimum atomic E-state index is 0.145. The van der Waals surface area contributed by atoms with E-state index in [1.807, 2.05) is 17.0 Å². The van der Waals surface area contributed by atoms with Gasteiger partial charge in [0.2, 0.25) is 0 Å². The zero-order valence-electron chi connectivity index (χ0n) is 11.0. The lowest BCUT2D eigenvalue weighted by molar-refractivity contribution is 0.414. The van der Waals surface area contributed by atoms with Crippen molar-refractivity contribution in [3.8, 4) is 0 Å². The van der Waals surface area contributed by atoms with E-state index in [2.05, 4.69) is 26.1 Å². The highest BCUT2D eigenvalue weighted by atomic mass is 16.1. The highest BCUT2D eigenvalue weighted by molar-refractivity contribution is 4.91. The number of nitrogens with one attached hydrogen (secondary N) is 1. The minimum absolute atomic E-state index is 0.145. The summed E-state index contributed by atoms with van der Waals surface area (Å²) in [7, 11) is 0. The van der Waals surface area contributed by atoms with Crippen molar-refractivity contribution >= 4 is 0 Å². The SMILES string of the molecule is CC(C)C(C)NCCn1ccn(C2CC2)c1=O. The van der Waals surface area contributed by atoms with Gasteiger partial charge in [0, 0.05) is 37.6 Å². The van der Waals surface area contributed by atoms with Crippen LogP contribution >= 0.6 is 0 Å². The summed E-state index contributed by atoms with van der Waals surface area (Å²) in [5, 5.41) is 3.44. The molecule has 1 fully saturated rings. The van der Waals surface area contributed by atoms with Crippen molar-refractivity contribution < 1.29 is 0 Å². The summed E-state index contributed by atoms with van der Waals surface area (Å²) in [5.41, 5.74) is 0.145. The third-order valence-electron chi connectivity index (χ3n) is 3.63. The molecule has 2 rings (SSSR count). The fourth-order valence-electron chi connectivity index (χ4n) is 1.88. The molecule has 1 aliphatic rings. The van der Waals surface area contributed by atoms with Gasteiger partial charge in [0.25, 0.3) is 0 Å². The molecule has 0 aromatic carbocycles. The van der Waals surface area contributed by atoms with Crippen LogP contribution in [-0.2, 0) is 6.54 Å². The van der Waals surface area contributed by atoms with Gasteiger partial charge < -0.3 is 5.32 Å². The second kappa shape index (κ2) is 5.08. The number of rotatable bonds is 6. The van der Waals surface area contributed by atoms with Crippen LogP contribution in [0.15, 0.2) is 17.2 Å². The van der Waals surface area contributed by atoms with E-state index in [0.29, 0.717) is 18.0 Å². The Hall–Kier alpha value is -1.03. The van der Waals surface area contributed by atoms with Crippen molar-refractivity contribution in [3.63, 3.8) is 0 Å². The smallest absolute Gasteiger partial charge is 0.312 e. The van der Waals surface area contributed by atoms with Gasteiger partial charge in [-0.25, -0.2) is 4.79 Å². The Morgan fingerprint density at radius 3 is 2.65 bits per heavy atom. The summed E-state index contributed by atoms with van der Waals surface area (Å²) >= 11 is 0. The van der Waals surface area contributed by atoms with Crippen LogP contribution in [0, 0.1) is 5.92 Å². The number of nitrogens with zero attached hydrogens (tertiary/aromatic N) is 2. The molecule has 0 aliphatic heterocycles. The monoisotopic (exact) mass is 237 g/mol. The van der Waals surface area contributed by atoms with Crippen LogP contribution in [0.5, 0.6) is 0 Å². The lowest BCUT2D eigenvalue weighted by atomic mass is 10.1. The lowest BCUT2D eigenvalue weighted by Crippen LogP contribution is -2.35. The van der Waals surface area contributed by atoms with Crippen molar-refractivity contribution in [2.24, 2.45) is 5.92 Å². The fraction of sp³-hybridized carbons (Fsp3) is 0.769. The van der Waals surface area contributed by atoms with Crippen LogP contribution in [0.2, 0.25) is 0 Å². The van der Waals surface area contributed by atoms with Gasteiger partial charge in [-0.15, -0.1) is 0 Å². The van der Waals surface area contributed by atoms with E-state index in [-0.39, 0.29) is 5.69 Å². The molecule has 1 atom stereocenters. The van der Waals surface area contributed by atoms with E-state index in [1.165, 1.54) is 0 Å². The molecule has 1 unspecified atom stereocenters. The largest absolute Gasteiger partial charge is 0.328 e. The summed E-state index contributed by atoms with van der Waals surface area (Å²) in [5.74, 6) is 0.628. The molecular formula is C13H23N3O. The Kier molecular flexibility index (Phi) is 3.72. The number of hydrogen-bond donors (Lipinski definition) is 1. The van der Waals surface area contributed by atoms with E-state index < -0.39 is 0 Å². The van der Waals surface area contributed by atoms with Crippen LogP contribution in [0.3, 0.4) is 0 Å². The second-order valence-electron chi connectivity index (χ2n) is 5.40. The van der Waals surface area contributed by atoms with Gasteiger partial charge in [0.15, 0.2) is 0 Å². The standard InChI is InChI=1S/C13H23N3O/c1-10(2)11(3)14-6-7-15-8-9-16(13(15)17)12-4-5-12/h8-12,14H,4-7H2,1-3H3. The molecule has 1 aliphatic carbocycles. The molecule has 17 heavy (non-hydrogen) atoms. The van der Waals surface area contributed by atoms with Gasteiger partial charge in [-0.3, -0.25) is 9.13 Å². The number of imidazole rings is 1. The zero-order valence-corrected chi connectivity index (χ0v) is 11.0. The molecule has 96 valence electrons. The van der Waals surface area contributed by atoms with E-state index >= 15 is 0 Å². The lowest BCUT2D eigenvalue weighted by Gasteiger charge is -2.17. The molecule has 0 bridgehead atoms. The molecule has 0 amide bonds.